The van der Waals surface area contributed by atoms with Crippen molar-refractivity contribution in [3.63, 3.8) is 0 Å². The average molecular weight is 385 g/mol. The standard InChI is InChI=1S/C22H28N4.ClH/c1-3-19(15-23-13-1)17-5-9-21(10-6-17)25-26-22-11-7-18(8-12-22)20-4-2-14-24-16-20;/h5-12,19-20,23-24H,1-4,13-16H2;1H. The van der Waals surface area contributed by atoms with Crippen molar-refractivity contribution in [3.8, 4) is 0 Å². The van der Waals surface area contributed by atoms with Gasteiger partial charge in [0.1, 0.15) is 0 Å². The molecular formula is C22H29ClN4. The highest BCUT2D eigenvalue weighted by atomic mass is 35.5. The molecule has 4 rings (SSSR count). The molecule has 4 nitrogen and oxygen atoms in total. The summed E-state index contributed by atoms with van der Waals surface area (Å²) >= 11 is 0. The summed E-state index contributed by atoms with van der Waals surface area (Å²) in [6.45, 7) is 4.48. The first-order valence-corrected chi connectivity index (χ1v) is 9.91. The first-order chi connectivity index (χ1) is 12.9. The number of halogens is 1. The molecule has 2 N–H and O–H groups in total. The van der Waals surface area contributed by atoms with Gasteiger partial charge in [-0.3, -0.25) is 0 Å². The second-order valence-electron chi connectivity index (χ2n) is 7.47. The summed E-state index contributed by atoms with van der Waals surface area (Å²) in [6, 6.07) is 17.1. The van der Waals surface area contributed by atoms with E-state index in [0.29, 0.717) is 11.8 Å². The van der Waals surface area contributed by atoms with Crippen molar-refractivity contribution in [2.75, 3.05) is 26.2 Å². The molecular weight excluding hydrogens is 356 g/mol. The lowest BCUT2D eigenvalue weighted by molar-refractivity contribution is 0.461. The van der Waals surface area contributed by atoms with Gasteiger partial charge in [-0.25, -0.2) is 0 Å². The van der Waals surface area contributed by atoms with Crippen molar-refractivity contribution in [2.24, 2.45) is 10.2 Å². The summed E-state index contributed by atoms with van der Waals surface area (Å²) in [4.78, 5) is 0. The van der Waals surface area contributed by atoms with Crippen molar-refractivity contribution in [1.29, 1.82) is 0 Å². The molecule has 2 fully saturated rings. The minimum atomic E-state index is 0. The first kappa shape index (κ1) is 20.0. The minimum absolute atomic E-state index is 0. The van der Waals surface area contributed by atoms with E-state index < -0.39 is 0 Å². The second-order valence-corrected chi connectivity index (χ2v) is 7.47. The number of benzene rings is 2. The lowest BCUT2D eigenvalue weighted by Crippen LogP contribution is -2.28. The molecule has 27 heavy (non-hydrogen) atoms. The van der Waals surface area contributed by atoms with E-state index in [0.717, 1.165) is 37.6 Å². The van der Waals surface area contributed by atoms with Gasteiger partial charge in [-0.05, 0) is 86.0 Å². The van der Waals surface area contributed by atoms with Crippen molar-refractivity contribution >= 4 is 23.8 Å². The molecule has 0 saturated carbocycles. The van der Waals surface area contributed by atoms with Crippen LogP contribution >= 0.6 is 12.4 Å². The molecule has 0 aliphatic carbocycles. The van der Waals surface area contributed by atoms with Gasteiger partial charge in [0, 0.05) is 13.1 Å². The molecule has 0 aromatic heterocycles. The number of hydrogen-bond donors (Lipinski definition) is 2. The largest absolute Gasteiger partial charge is 0.316 e. The Bertz CT molecular complexity index is 651. The average Bonchev–Trinajstić information content (AvgIpc) is 2.74. The van der Waals surface area contributed by atoms with Gasteiger partial charge in [0.15, 0.2) is 0 Å². The van der Waals surface area contributed by atoms with E-state index in [2.05, 4.69) is 69.4 Å². The molecule has 2 heterocycles. The molecule has 144 valence electrons. The van der Waals surface area contributed by atoms with Crippen molar-refractivity contribution in [1.82, 2.24) is 10.6 Å². The maximum atomic E-state index is 4.40. The van der Waals surface area contributed by atoms with E-state index in [1.165, 1.54) is 36.8 Å². The van der Waals surface area contributed by atoms with Crippen molar-refractivity contribution in [3.05, 3.63) is 59.7 Å². The third-order valence-electron chi connectivity index (χ3n) is 5.60. The summed E-state index contributed by atoms with van der Waals surface area (Å²) in [5.74, 6) is 1.27. The van der Waals surface area contributed by atoms with Gasteiger partial charge in [0.05, 0.1) is 11.4 Å². The number of piperidine rings is 2. The Labute approximate surface area is 168 Å². The topological polar surface area (TPSA) is 48.8 Å². The molecule has 0 radical (unpaired) electrons. The lowest BCUT2D eigenvalue weighted by Gasteiger charge is -2.23. The summed E-state index contributed by atoms with van der Waals surface area (Å²) in [6.07, 6.45) is 5.07. The molecule has 2 saturated heterocycles. The van der Waals surface area contributed by atoms with E-state index in [-0.39, 0.29) is 12.4 Å². The van der Waals surface area contributed by atoms with E-state index in [4.69, 9.17) is 0 Å². The summed E-state index contributed by atoms with van der Waals surface area (Å²) in [5, 5.41) is 15.8. The molecule has 5 heteroatoms. The smallest absolute Gasteiger partial charge is 0.0857 e. The van der Waals surface area contributed by atoms with Crippen LogP contribution in [0.25, 0.3) is 0 Å². The van der Waals surface area contributed by atoms with Gasteiger partial charge in [-0.2, -0.15) is 10.2 Å². The van der Waals surface area contributed by atoms with Crippen molar-refractivity contribution in [2.45, 2.75) is 37.5 Å². The Hall–Kier alpha value is -1.75. The summed E-state index contributed by atoms with van der Waals surface area (Å²) in [7, 11) is 0. The molecule has 2 aliphatic heterocycles. The quantitative estimate of drug-likeness (QED) is 0.688. The van der Waals surface area contributed by atoms with Crippen LogP contribution in [0.15, 0.2) is 58.8 Å². The van der Waals surface area contributed by atoms with Gasteiger partial charge in [0.2, 0.25) is 0 Å². The van der Waals surface area contributed by atoms with Crippen LogP contribution in [0.3, 0.4) is 0 Å². The SMILES string of the molecule is Cl.c1cc(C2CCCNC2)ccc1N=Nc1ccc(C2CCCNC2)cc1. The maximum absolute atomic E-state index is 4.40. The molecule has 2 unspecified atom stereocenters. The van der Waals surface area contributed by atoms with E-state index >= 15 is 0 Å². The number of azo groups is 1. The first-order valence-electron chi connectivity index (χ1n) is 9.91. The van der Waals surface area contributed by atoms with Gasteiger partial charge < -0.3 is 10.6 Å². The predicted octanol–water partition coefficient (Wildman–Crippen LogP) is 5.46. The summed E-state index contributed by atoms with van der Waals surface area (Å²) in [5.41, 5.74) is 4.64. The number of nitrogens with zero attached hydrogens (tertiary/aromatic N) is 2. The highest BCUT2D eigenvalue weighted by Crippen LogP contribution is 2.27. The van der Waals surface area contributed by atoms with E-state index in [9.17, 15) is 0 Å². The fourth-order valence-electron chi connectivity index (χ4n) is 4.01. The van der Waals surface area contributed by atoms with Gasteiger partial charge in [0.25, 0.3) is 0 Å². The lowest BCUT2D eigenvalue weighted by atomic mass is 9.92. The Morgan fingerprint density at radius 1 is 0.630 bits per heavy atom. The Balaban J connectivity index is 0.00000210. The van der Waals surface area contributed by atoms with Crippen LogP contribution in [0.1, 0.15) is 48.6 Å². The minimum Gasteiger partial charge on any atom is -0.316 e. The molecule has 2 aromatic rings. The molecule has 2 atom stereocenters. The van der Waals surface area contributed by atoms with Crippen LogP contribution in [0, 0.1) is 0 Å². The Kier molecular flexibility index (Phi) is 7.39. The van der Waals surface area contributed by atoms with Crippen LogP contribution in [0.4, 0.5) is 11.4 Å². The zero-order valence-corrected chi connectivity index (χ0v) is 16.5. The van der Waals surface area contributed by atoms with Crippen LogP contribution in [-0.2, 0) is 0 Å². The maximum Gasteiger partial charge on any atom is 0.0857 e. The van der Waals surface area contributed by atoms with Crippen LogP contribution in [-0.4, -0.2) is 26.2 Å². The third-order valence-corrected chi connectivity index (χ3v) is 5.60. The van der Waals surface area contributed by atoms with Crippen LogP contribution in [0.5, 0.6) is 0 Å². The highest BCUT2D eigenvalue weighted by Gasteiger charge is 2.15. The van der Waals surface area contributed by atoms with Crippen molar-refractivity contribution < 1.29 is 0 Å². The van der Waals surface area contributed by atoms with Crippen LogP contribution < -0.4 is 10.6 Å². The fraction of sp³-hybridized carbons (Fsp3) is 0.455. The second kappa shape index (κ2) is 9.98. The number of nitrogens with one attached hydrogen (secondary N) is 2. The van der Waals surface area contributed by atoms with Gasteiger partial charge in [-0.1, -0.05) is 24.3 Å². The zero-order valence-electron chi connectivity index (χ0n) is 15.7. The van der Waals surface area contributed by atoms with E-state index in [1.54, 1.807) is 0 Å². The number of rotatable bonds is 4. The third kappa shape index (κ3) is 5.38. The Morgan fingerprint density at radius 3 is 1.37 bits per heavy atom. The monoisotopic (exact) mass is 384 g/mol. The molecule has 2 aliphatic rings. The molecule has 0 bridgehead atoms. The molecule has 2 aromatic carbocycles. The number of hydrogen-bond acceptors (Lipinski definition) is 4. The molecule has 0 spiro atoms. The zero-order chi connectivity index (χ0) is 17.6. The normalized spacial score (nSPS) is 23.1. The van der Waals surface area contributed by atoms with Crippen LogP contribution in [0.2, 0.25) is 0 Å². The summed E-state index contributed by atoms with van der Waals surface area (Å²) < 4.78 is 0. The van der Waals surface area contributed by atoms with E-state index in [1.807, 2.05) is 0 Å². The van der Waals surface area contributed by atoms with Gasteiger partial charge >= 0.3 is 0 Å². The predicted molar refractivity (Wildman–Crippen MR) is 114 cm³/mol. The molecule has 0 amide bonds. The van der Waals surface area contributed by atoms with Gasteiger partial charge in [-0.15, -0.1) is 12.4 Å². The highest BCUT2D eigenvalue weighted by molar-refractivity contribution is 5.85. The fourth-order valence-corrected chi connectivity index (χ4v) is 4.01. The Morgan fingerprint density at radius 2 is 1.04 bits per heavy atom.